The fourth-order valence-electron chi connectivity index (χ4n) is 4.82. The number of alkyl halides is 6. The van der Waals surface area contributed by atoms with Crippen LogP contribution in [0.25, 0.3) is 0 Å². The van der Waals surface area contributed by atoms with Crippen molar-refractivity contribution in [1.29, 1.82) is 0 Å². The molecule has 2 fully saturated rings. The van der Waals surface area contributed by atoms with Gasteiger partial charge in [-0.1, -0.05) is 7.43 Å². The first-order valence-corrected chi connectivity index (χ1v) is 26.4. The van der Waals surface area contributed by atoms with Gasteiger partial charge in [0, 0.05) is 24.0 Å². The van der Waals surface area contributed by atoms with E-state index in [1.807, 2.05) is 69.4 Å². The highest BCUT2D eigenvalue weighted by atomic mass is 127. The number of hydrogen-bond donors (Lipinski definition) is 5. The van der Waals surface area contributed by atoms with E-state index in [0.29, 0.717) is 36.6 Å². The number of esters is 1. The molecule has 1 amide bonds. The lowest BCUT2D eigenvalue weighted by Gasteiger charge is -2.15. The van der Waals surface area contributed by atoms with Gasteiger partial charge in [-0.2, -0.15) is 0 Å². The van der Waals surface area contributed by atoms with E-state index in [4.69, 9.17) is 97.6 Å². The van der Waals surface area contributed by atoms with Crippen molar-refractivity contribution in [1.82, 2.24) is 5.32 Å². The average Bonchev–Trinajstić information content (AvgIpc) is 3.90. The molecule has 15 nitrogen and oxygen atoms in total. The largest absolute Gasteiger partial charge is 0.515 e. The van der Waals surface area contributed by atoms with E-state index in [0.717, 1.165) is 38.6 Å². The smallest absolute Gasteiger partial charge is 0.507 e. The van der Waals surface area contributed by atoms with E-state index in [1.165, 1.54) is 12.8 Å². The van der Waals surface area contributed by atoms with Crippen LogP contribution in [0, 0.1) is 21.4 Å². The third-order valence-electron chi connectivity index (χ3n) is 7.60. The third kappa shape index (κ3) is 22.9. The van der Waals surface area contributed by atoms with Crippen LogP contribution in [0.4, 0.5) is 9.59 Å². The minimum atomic E-state index is -2.24. The predicted molar refractivity (Wildman–Crippen MR) is 306 cm³/mol. The van der Waals surface area contributed by atoms with Crippen LogP contribution in [-0.4, -0.2) is 72.8 Å². The monoisotopic (exact) mass is 1720 g/mol. The Kier molecular flexibility index (Phi) is 26.7. The molecule has 0 aliphatic carbocycles. The number of carbonyl (C=O) groups excluding carboxylic acids is 3. The summed E-state index contributed by atoms with van der Waals surface area (Å²) in [5.41, 5.74) is 7.32. The Bertz CT molecular complexity index is 2290. The molecule has 366 valence electrons. The number of aliphatic carboxylic acids is 1. The zero-order valence-electron chi connectivity index (χ0n) is 34.2. The van der Waals surface area contributed by atoms with Crippen molar-refractivity contribution in [3.05, 3.63) is 93.2 Å². The number of phenols is 2. The number of ether oxygens (including phenoxy) is 6. The van der Waals surface area contributed by atoms with Crippen LogP contribution in [0.2, 0.25) is 0 Å². The van der Waals surface area contributed by atoms with E-state index < -0.39 is 44.2 Å². The summed E-state index contributed by atoms with van der Waals surface area (Å²) in [7, 11) is 0. The first-order chi connectivity index (χ1) is 31.2. The number of cyclic esters (lactones) is 2. The number of carboxylic acid groups (broad SMARTS) is 1. The summed E-state index contributed by atoms with van der Waals surface area (Å²) in [4.78, 5) is 44.1. The summed E-state index contributed by atoms with van der Waals surface area (Å²) in [5.74, 6) is 1.47. The molecular weight excluding hydrogens is 1680 g/mol. The summed E-state index contributed by atoms with van der Waals surface area (Å²) in [5, 5.41) is 30.5. The number of halogens is 12. The van der Waals surface area contributed by atoms with Gasteiger partial charge in [0.1, 0.15) is 35.1 Å². The number of benzene rings is 4. The van der Waals surface area contributed by atoms with Crippen molar-refractivity contribution in [2.24, 2.45) is 5.73 Å². The number of aromatic hydroxyl groups is 2. The molecule has 6 N–H and O–H groups in total. The summed E-state index contributed by atoms with van der Waals surface area (Å²) < 4.78 is 39.7. The number of hydrogen-bond acceptors (Lipinski definition) is 13. The Morgan fingerprint density at radius 2 is 1.15 bits per heavy atom. The number of rotatable bonds is 9. The van der Waals surface area contributed by atoms with Gasteiger partial charge in [-0.15, -0.1) is 0 Å². The molecule has 0 spiro atoms. The highest BCUT2D eigenvalue weighted by Crippen LogP contribution is 2.37. The van der Waals surface area contributed by atoms with Crippen LogP contribution in [0.1, 0.15) is 35.8 Å². The second-order valence-electron chi connectivity index (χ2n) is 12.6. The van der Waals surface area contributed by atoms with Crippen LogP contribution in [-0.2, 0) is 41.4 Å². The third-order valence-corrected chi connectivity index (χ3v) is 13.0. The van der Waals surface area contributed by atoms with E-state index in [-0.39, 0.29) is 26.8 Å². The number of carboxylic acids is 1. The van der Waals surface area contributed by atoms with Crippen molar-refractivity contribution < 1.29 is 67.3 Å². The molecule has 66 heavy (non-hydrogen) atoms. The second-order valence-corrected chi connectivity index (χ2v) is 24.0. The molecule has 4 aromatic carbocycles. The number of nitrogens with one attached hydrogen (secondary N) is 1. The van der Waals surface area contributed by atoms with Crippen molar-refractivity contribution in [3.63, 3.8) is 0 Å². The molecule has 27 heteroatoms. The normalized spacial score (nSPS) is 14.7. The van der Waals surface area contributed by atoms with Crippen LogP contribution in [0.3, 0.4) is 0 Å². The topological polar surface area (TPSA) is 222 Å². The first-order valence-electron chi connectivity index (χ1n) is 18.6. The van der Waals surface area contributed by atoms with Gasteiger partial charge in [-0.3, -0.25) is 4.79 Å². The molecule has 2 atom stereocenters. The maximum atomic E-state index is 11.6. The standard InChI is InChI=1S/C16H10I3NO5.C15H12I3NO4.C4H8O.C3Cl6O3.CH4.2H2/c17-9-6-8(1-2-13(9)21)24-14-10(18)3-7(4-11(14)19)5-12-15(22)25-16(23)20-12;16-9-6-8(1-2-13(9)20)23-14-10(17)3-7(4-11(14)18)5-12(19)15(21)22;1-2-4-5-3-1;4-2(5,6)11-1(10)12-3(7,8)9;;;/h1-4,6,12,21H,5H2,(H,20,23);1-4,6,12,20H,5,19H2,(H,21,22);1-4H2;;1H4;2*1H/t2*12-;;;;;/m00...../s1/i;;;;;1+2T;1+2. The molecule has 2 aliphatic heterocycles. The number of nitrogens with two attached hydrogens (primary N) is 1. The van der Waals surface area contributed by atoms with Crippen LogP contribution >= 0.6 is 205 Å². The average molecular weight is 1720 g/mol. The summed E-state index contributed by atoms with van der Waals surface area (Å²) in [6, 6.07) is 16.0. The maximum absolute atomic E-state index is 11.6. The van der Waals surface area contributed by atoms with Crippen molar-refractivity contribution in [2.45, 2.75) is 53.2 Å². The zero-order valence-corrected chi connectivity index (χ0v) is 49.7. The minimum Gasteiger partial charge on any atom is -0.507 e. The van der Waals surface area contributed by atoms with Gasteiger partial charge in [-0.05, 0) is 296 Å². The van der Waals surface area contributed by atoms with Gasteiger partial charge in [0.15, 0.2) is 11.5 Å². The lowest BCUT2D eigenvalue weighted by Crippen LogP contribution is -2.32. The Hall–Kier alpha value is -0.200. The lowest BCUT2D eigenvalue weighted by molar-refractivity contribution is -0.138. The Morgan fingerprint density at radius 3 is 1.47 bits per heavy atom. The summed E-state index contributed by atoms with van der Waals surface area (Å²) >= 11 is 42.9. The molecule has 2 saturated heterocycles. The minimum absolute atomic E-state index is 0. The van der Waals surface area contributed by atoms with Crippen molar-refractivity contribution in [3.8, 4) is 34.5 Å². The molecule has 2 aliphatic rings. The fraction of sp³-hybridized carbons (Fsp3) is 0.282. The van der Waals surface area contributed by atoms with Crippen molar-refractivity contribution >= 4 is 229 Å². The van der Waals surface area contributed by atoms with Crippen molar-refractivity contribution in [2.75, 3.05) is 13.2 Å². The summed E-state index contributed by atoms with van der Waals surface area (Å²) in [6.45, 7) is 2.00. The number of alkyl carbamates (subject to hydrolysis) is 1. The molecule has 6 rings (SSSR count). The molecule has 0 aromatic heterocycles. The van der Waals surface area contributed by atoms with E-state index >= 15 is 0 Å². The molecular formula is C39H38Cl6I6N2O13. The van der Waals surface area contributed by atoms with Gasteiger partial charge in [0.2, 0.25) is 0 Å². The Balaban J connectivity index is 0.000000967. The molecule has 0 radical (unpaired) electrons. The zero-order chi connectivity index (χ0) is 50.8. The number of amides is 1. The Morgan fingerprint density at radius 1 is 0.742 bits per heavy atom. The van der Waals surface area contributed by atoms with Gasteiger partial charge < -0.3 is 54.8 Å². The highest BCUT2D eigenvalue weighted by Gasteiger charge is 2.33. The predicted octanol–water partition coefficient (Wildman–Crippen LogP) is 13.8. The second kappa shape index (κ2) is 29.3. The van der Waals surface area contributed by atoms with Gasteiger partial charge >= 0.3 is 32.1 Å². The van der Waals surface area contributed by atoms with Crippen LogP contribution in [0.15, 0.2) is 60.7 Å². The molecule has 4 aromatic rings. The fourth-order valence-corrected chi connectivity index (χ4v) is 10.4. The van der Waals surface area contributed by atoms with Gasteiger partial charge in [0.05, 0.1) is 21.4 Å². The number of carbonyl (C=O) groups is 4. The van der Waals surface area contributed by atoms with E-state index in [2.05, 4.69) is 110 Å². The van der Waals surface area contributed by atoms with Gasteiger partial charge in [-0.25, -0.2) is 14.4 Å². The van der Waals surface area contributed by atoms with Gasteiger partial charge in [0.25, 0.3) is 0 Å². The van der Waals surface area contributed by atoms with Crippen LogP contribution < -0.4 is 20.5 Å². The first kappa shape index (κ1) is 60.1. The Labute approximate surface area is 495 Å². The molecule has 0 bridgehead atoms. The van der Waals surface area contributed by atoms with E-state index in [1.54, 1.807) is 36.4 Å². The summed E-state index contributed by atoms with van der Waals surface area (Å²) in [6.07, 6.45) is 1.06. The molecule has 2 heterocycles. The van der Waals surface area contributed by atoms with E-state index in [9.17, 15) is 29.4 Å². The quantitative estimate of drug-likeness (QED) is 0.0455. The maximum Gasteiger partial charge on any atom is 0.515 e. The lowest BCUT2D eigenvalue weighted by atomic mass is 10.1. The SMILES string of the molecule is C.C1CCOC1.N[C@@H](Cc1cc(I)c(Oc2ccc(O)c(I)c2)c(I)c1)C(=O)O.O=C(OC(Cl)(Cl)Cl)OC(Cl)(Cl)Cl.O=C1N[C@@H](Cc2cc(I)c(Oc3ccc(O)c(I)c3)c(I)c2)C(=O)O1.[3HH].[3H][3H]. The molecule has 0 saturated carbocycles. The molecule has 0 unspecified atom stereocenters. The highest BCUT2D eigenvalue weighted by molar-refractivity contribution is 14.1. The van der Waals surface area contributed by atoms with Crippen LogP contribution in [0.5, 0.6) is 34.5 Å². The number of phenolic OH excluding ortho intramolecular Hbond substituents is 2.